The first kappa shape index (κ1) is 17.5. The van der Waals surface area contributed by atoms with Gasteiger partial charge in [-0.05, 0) is 25.5 Å². The first-order valence-corrected chi connectivity index (χ1v) is 8.48. The largest absolute Gasteiger partial charge is 0.265 e. The molecule has 0 fully saturated rings. The molecule has 3 aromatic rings. The number of hydrogen-bond donors (Lipinski definition) is 1. The number of benzene rings is 1. The van der Waals surface area contributed by atoms with E-state index in [1.807, 2.05) is 36.7 Å². The standard InChI is InChI=1S/C18H17Cl2N5/c1-12-16(10-22-23-18-17(20)8-15(19)9-21-18)13(2)25(24-12)11-14-6-4-3-5-7-14/h3-10H,11H2,1-2H3,(H,21,23)/b22-10-. The fraction of sp³-hybridized carbons (Fsp3) is 0.167. The lowest BCUT2D eigenvalue weighted by Gasteiger charge is -2.04. The number of aromatic nitrogens is 3. The molecule has 25 heavy (non-hydrogen) atoms. The Morgan fingerprint density at radius 1 is 1.20 bits per heavy atom. The smallest absolute Gasteiger partial charge is 0.165 e. The third-order valence-electron chi connectivity index (χ3n) is 3.78. The summed E-state index contributed by atoms with van der Waals surface area (Å²) in [7, 11) is 0. The van der Waals surface area contributed by atoms with E-state index in [0.717, 1.165) is 23.5 Å². The van der Waals surface area contributed by atoms with Crippen molar-refractivity contribution in [1.29, 1.82) is 0 Å². The van der Waals surface area contributed by atoms with E-state index in [0.29, 0.717) is 15.9 Å². The molecule has 0 aliphatic rings. The van der Waals surface area contributed by atoms with Gasteiger partial charge in [-0.15, -0.1) is 0 Å². The molecule has 0 amide bonds. The average molecular weight is 374 g/mol. The van der Waals surface area contributed by atoms with E-state index in [4.69, 9.17) is 23.2 Å². The molecule has 0 aliphatic heterocycles. The topological polar surface area (TPSA) is 55.1 Å². The highest BCUT2D eigenvalue weighted by molar-refractivity contribution is 6.35. The van der Waals surface area contributed by atoms with Crippen molar-refractivity contribution in [3.05, 3.63) is 75.2 Å². The molecule has 7 heteroatoms. The summed E-state index contributed by atoms with van der Waals surface area (Å²) in [6, 6.07) is 11.8. The number of hydrazone groups is 1. The zero-order valence-electron chi connectivity index (χ0n) is 13.9. The minimum absolute atomic E-state index is 0.415. The minimum atomic E-state index is 0.415. The van der Waals surface area contributed by atoms with Crippen molar-refractivity contribution in [2.45, 2.75) is 20.4 Å². The first-order valence-electron chi connectivity index (χ1n) is 7.72. The van der Waals surface area contributed by atoms with Gasteiger partial charge in [0.2, 0.25) is 0 Å². The van der Waals surface area contributed by atoms with Crippen LogP contribution in [0.1, 0.15) is 22.5 Å². The summed E-state index contributed by atoms with van der Waals surface area (Å²) in [6.45, 7) is 4.71. The third kappa shape index (κ3) is 4.18. The van der Waals surface area contributed by atoms with Gasteiger partial charge in [0.1, 0.15) is 0 Å². The monoisotopic (exact) mass is 373 g/mol. The van der Waals surface area contributed by atoms with Gasteiger partial charge in [-0.2, -0.15) is 10.2 Å². The fourth-order valence-electron chi connectivity index (χ4n) is 2.46. The maximum atomic E-state index is 6.07. The number of pyridine rings is 1. The van der Waals surface area contributed by atoms with E-state index >= 15 is 0 Å². The van der Waals surface area contributed by atoms with Gasteiger partial charge in [-0.3, -0.25) is 10.1 Å². The Bertz CT molecular complexity index is 903. The van der Waals surface area contributed by atoms with Gasteiger partial charge < -0.3 is 0 Å². The Morgan fingerprint density at radius 2 is 1.96 bits per heavy atom. The van der Waals surface area contributed by atoms with Crippen molar-refractivity contribution >= 4 is 35.2 Å². The molecule has 0 saturated heterocycles. The average Bonchev–Trinajstić information content (AvgIpc) is 2.85. The highest BCUT2D eigenvalue weighted by Crippen LogP contribution is 2.22. The summed E-state index contributed by atoms with van der Waals surface area (Å²) in [5.74, 6) is 0.453. The van der Waals surface area contributed by atoms with Crippen LogP contribution in [-0.4, -0.2) is 21.0 Å². The molecular formula is C18H17Cl2N5. The minimum Gasteiger partial charge on any atom is -0.265 e. The van der Waals surface area contributed by atoms with E-state index in [9.17, 15) is 0 Å². The van der Waals surface area contributed by atoms with Gasteiger partial charge in [-0.25, -0.2) is 4.98 Å². The molecule has 1 aromatic carbocycles. The van der Waals surface area contributed by atoms with Crippen molar-refractivity contribution in [3.63, 3.8) is 0 Å². The fourth-order valence-corrected chi connectivity index (χ4v) is 2.89. The van der Waals surface area contributed by atoms with Crippen LogP contribution in [0, 0.1) is 13.8 Å². The summed E-state index contributed by atoms with van der Waals surface area (Å²) in [4.78, 5) is 4.11. The molecule has 128 valence electrons. The Hall–Kier alpha value is -2.37. The molecule has 0 saturated carbocycles. The number of aryl methyl sites for hydroxylation is 1. The van der Waals surface area contributed by atoms with Crippen LogP contribution in [0.15, 0.2) is 47.7 Å². The van der Waals surface area contributed by atoms with Gasteiger partial charge >= 0.3 is 0 Å². The van der Waals surface area contributed by atoms with E-state index in [1.54, 1.807) is 12.3 Å². The van der Waals surface area contributed by atoms with Crippen LogP contribution < -0.4 is 5.43 Å². The summed E-state index contributed by atoms with van der Waals surface area (Å²) < 4.78 is 1.97. The van der Waals surface area contributed by atoms with Crippen LogP contribution in [0.4, 0.5) is 5.82 Å². The van der Waals surface area contributed by atoms with Crippen molar-refractivity contribution in [2.24, 2.45) is 5.10 Å². The number of halogens is 2. The van der Waals surface area contributed by atoms with Crippen LogP contribution in [0.3, 0.4) is 0 Å². The number of hydrogen-bond acceptors (Lipinski definition) is 4. The van der Waals surface area contributed by atoms with Crippen LogP contribution in [-0.2, 0) is 6.54 Å². The Morgan fingerprint density at radius 3 is 2.68 bits per heavy atom. The zero-order valence-corrected chi connectivity index (χ0v) is 15.4. The molecule has 1 N–H and O–H groups in total. The summed E-state index contributed by atoms with van der Waals surface area (Å²) in [5.41, 5.74) is 6.95. The summed E-state index contributed by atoms with van der Waals surface area (Å²) in [6.07, 6.45) is 3.24. The Labute approximate surface area is 156 Å². The summed E-state index contributed by atoms with van der Waals surface area (Å²) >= 11 is 11.9. The third-order valence-corrected chi connectivity index (χ3v) is 4.28. The molecule has 5 nitrogen and oxygen atoms in total. The van der Waals surface area contributed by atoms with Crippen molar-refractivity contribution < 1.29 is 0 Å². The number of anilines is 1. The van der Waals surface area contributed by atoms with E-state index in [1.165, 1.54) is 11.8 Å². The number of nitrogens with zero attached hydrogens (tertiary/aromatic N) is 4. The molecule has 0 atom stereocenters. The molecule has 0 spiro atoms. The van der Waals surface area contributed by atoms with E-state index in [2.05, 4.69) is 32.7 Å². The van der Waals surface area contributed by atoms with Gasteiger partial charge in [0.05, 0.1) is 28.5 Å². The maximum absolute atomic E-state index is 6.07. The quantitative estimate of drug-likeness (QED) is 0.520. The van der Waals surface area contributed by atoms with Gasteiger partial charge in [0, 0.05) is 17.5 Å². The first-order chi connectivity index (χ1) is 12.0. The van der Waals surface area contributed by atoms with Gasteiger partial charge in [0.25, 0.3) is 0 Å². The van der Waals surface area contributed by atoms with Gasteiger partial charge in [-0.1, -0.05) is 53.5 Å². The van der Waals surface area contributed by atoms with Crippen LogP contribution in [0.25, 0.3) is 0 Å². The molecule has 0 bridgehead atoms. The van der Waals surface area contributed by atoms with Crippen molar-refractivity contribution in [1.82, 2.24) is 14.8 Å². The molecule has 0 radical (unpaired) electrons. The lowest BCUT2D eigenvalue weighted by molar-refractivity contribution is 0.659. The second-order valence-corrected chi connectivity index (χ2v) is 6.43. The Kier molecular flexibility index (Phi) is 5.36. The molecule has 0 unspecified atom stereocenters. The van der Waals surface area contributed by atoms with E-state index in [-0.39, 0.29) is 0 Å². The maximum Gasteiger partial charge on any atom is 0.165 e. The zero-order chi connectivity index (χ0) is 17.8. The second kappa shape index (κ2) is 7.68. The normalized spacial score (nSPS) is 11.2. The van der Waals surface area contributed by atoms with Crippen LogP contribution in [0.5, 0.6) is 0 Å². The molecular weight excluding hydrogens is 357 g/mol. The highest BCUT2D eigenvalue weighted by atomic mass is 35.5. The molecule has 0 aliphatic carbocycles. The van der Waals surface area contributed by atoms with Crippen LogP contribution >= 0.6 is 23.2 Å². The predicted molar refractivity (Wildman–Crippen MR) is 103 cm³/mol. The molecule has 2 aromatic heterocycles. The number of rotatable bonds is 5. The number of nitrogens with one attached hydrogen (secondary N) is 1. The van der Waals surface area contributed by atoms with Crippen molar-refractivity contribution in [3.8, 4) is 0 Å². The van der Waals surface area contributed by atoms with Gasteiger partial charge in [0.15, 0.2) is 5.82 Å². The molecule has 2 heterocycles. The molecule has 3 rings (SSSR count). The lowest BCUT2D eigenvalue weighted by atomic mass is 10.2. The Balaban J connectivity index is 1.76. The predicted octanol–water partition coefficient (Wildman–Crippen LogP) is 4.70. The van der Waals surface area contributed by atoms with Crippen LogP contribution in [0.2, 0.25) is 10.0 Å². The van der Waals surface area contributed by atoms with E-state index < -0.39 is 0 Å². The lowest BCUT2D eigenvalue weighted by Crippen LogP contribution is -2.04. The summed E-state index contributed by atoms with van der Waals surface area (Å²) in [5, 5.41) is 9.72. The highest BCUT2D eigenvalue weighted by Gasteiger charge is 2.10. The SMILES string of the molecule is Cc1nn(Cc2ccccc2)c(C)c1/C=N\Nc1ncc(Cl)cc1Cl. The van der Waals surface area contributed by atoms with Crippen molar-refractivity contribution in [2.75, 3.05) is 5.43 Å². The second-order valence-electron chi connectivity index (χ2n) is 5.58.